The molecular formula is C16H13ClN4O2S2. The van der Waals surface area contributed by atoms with Crippen LogP contribution in [0.25, 0.3) is 0 Å². The molecule has 0 radical (unpaired) electrons. The highest BCUT2D eigenvalue weighted by Crippen LogP contribution is 2.31. The van der Waals surface area contributed by atoms with Crippen LogP contribution in [0.4, 0.5) is 10.8 Å². The molecule has 128 valence electrons. The summed E-state index contributed by atoms with van der Waals surface area (Å²) >= 11 is 8.79. The Bertz CT molecular complexity index is 893. The van der Waals surface area contributed by atoms with E-state index in [2.05, 4.69) is 20.8 Å². The number of rotatable bonds is 6. The van der Waals surface area contributed by atoms with Crippen molar-refractivity contribution in [2.24, 2.45) is 5.10 Å². The van der Waals surface area contributed by atoms with Crippen LogP contribution in [-0.2, 0) is 0 Å². The molecule has 3 aromatic rings. The molecule has 2 heterocycles. The Morgan fingerprint density at radius 1 is 1.32 bits per heavy atom. The first-order valence-corrected chi connectivity index (χ1v) is 9.18. The van der Waals surface area contributed by atoms with Gasteiger partial charge in [0.15, 0.2) is 10.3 Å². The van der Waals surface area contributed by atoms with Gasteiger partial charge in [-0.2, -0.15) is 5.10 Å². The number of carbonyl (C=O) groups is 1. The van der Waals surface area contributed by atoms with Crippen molar-refractivity contribution in [1.82, 2.24) is 10.4 Å². The summed E-state index contributed by atoms with van der Waals surface area (Å²) in [6.07, 6.45) is 1.47. The number of para-hydroxylation sites is 2. The molecule has 2 N–H and O–H groups in total. The second-order valence-corrected chi connectivity index (χ2v) is 7.01. The number of thiophene rings is 1. The normalized spacial score (nSPS) is 10.8. The lowest BCUT2D eigenvalue weighted by molar-refractivity contribution is 0.0959. The van der Waals surface area contributed by atoms with Gasteiger partial charge in [0.05, 0.1) is 28.8 Å². The summed E-state index contributed by atoms with van der Waals surface area (Å²) in [6.45, 7) is 0. The first kappa shape index (κ1) is 17.4. The predicted molar refractivity (Wildman–Crippen MR) is 103 cm³/mol. The van der Waals surface area contributed by atoms with Gasteiger partial charge in [-0.05, 0) is 23.6 Å². The summed E-state index contributed by atoms with van der Waals surface area (Å²) in [4.78, 5) is 17.3. The molecule has 0 saturated heterocycles. The lowest BCUT2D eigenvalue weighted by atomic mass is 10.3. The van der Waals surface area contributed by atoms with Gasteiger partial charge >= 0.3 is 0 Å². The van der Waals surface area contributed by atoms with Crippen molar-refractivity contribution in [3.05, 3.63) is 56.7 Å². The van der Waals surface area contributed by atoms with E-state index >= 15 is 0 Å². The molecule has 1 aromatic carbocycles. The number of anilines is 2. The van der Waals surface area contributed by atoms with Crippen LogP contribution in [0.15, 0.2) is 46.9 Å². The molecule has 0 atom stereocenters. The lowest BCUT2D eigenvalue weighted by Gasteiger charge is -2.07. The van der Waals surface area contributed by atoms with Gasteiger partial charge in [-0.3, -0.25) is 4.79 Å². The summed E-state index contributed by atoms with van der Waals surface area (Å²) in [5.74, 6) is 0.437. The Kier molecular flexibility index (Phi) is 5.64. The van der Waals surface area contributed by atoms with Crippen molar-refractivity contribution in [1.29, 1.82) is 0 Å². The summed E-state index contributed by atoms with van der Waals surface area (Å²) < 4.78 is 5.29. The Labute approximate surface area is 157 Å². The molecule has 0 unspecified atom stereocenters. The maximum atomic E-state index is 11.8. The van der Waals surface area contributed by atoms with Gasteiger partial charge in [0.2, 0.25) is 0 Å². The van der Waals surface area contributed by atoms with Gasteiger partial charge in [0, 0.05) is 0 Å². The van der Waals surface area contributed by atoms with Crippen molar-refractivity contribution in [3.8, 4) is 5.75 Å². The fourth-order valence-corrected chi connectivity index (χ4v) is 3.58. The molecule has 9 heteroatoms. The van der Waals surface area contributed by atoms with E-state index < -0.39 is 0 Å². The summed E-state index contributed by atoms with van der Waals surface area (Å²) in [7, 11) is 1.60. The number of hydrazone groups is 1. The van der Waals surface area contributed by atoms with Crippen LogP contribution >= 0.6 is 34.3 Å². The van der Waals surface area contributed by atoms with Crippen LogP contribution in [0.3, 0.4) is 0 Å². The highest BCUT2D eigenvalue weighted by Gasteiger charge is 2.10. The van der Waals surface area contributed by atoms with Crippen LogP contribution < -0.4 is 15.5 Å². The second-order valence-electron chi connectivity index (χ2n) is 4.68. The van der Waals surface area contributed by atoms with Crippen molar-refractivity contribution >= 4 is 57.2 Å². The number of aromatic nitrogens is 1. The average molecular weight is 393 g/mol. The Morgan fingerprint density at radius 2 is 2.16 bits per heavy atom. The fourth-order valence-electron chi connectivity index (χ4n) is 1.92. The number of benzene rings is 1. The van der Waals surface area contributed by atoms with Crippen molar-refractivity contribution in [2.75, 3.05) is 12.4 Å². The van der Waals surface area contributed by atoms with E-state index in [4.69, 9.17) is 16.3 Å². The highest BCUT2D eigenvalue weighted by atomic mass is 35.5. The van der Waals surface area contributed by atoms with E-state index in [9.17, 15) is 4.79 Å². The number of nitrogens with zero attached hydrogens (tertiary/aromatic N) is 2. The van der Waals surface area contributed by atoms with Gasteiger partial charge in [0.1, 0.15) is 5.75 Å². The van der Waals surface area contributed by atoms with Gasteiger partial charge in [-0.1, -0.05) is 41.1 Å². The molecule has 1 amide bonds. The lowest BCUT2D eigenvalue weighted by Crippen LogP contribution is -2.15. The third-order valence-electron chi connectivity index (χ3n) is 3.05. The van der Waals surface area contributed by atoms with E-state index in [1.54, 1.807) is 19.2 Å². The maximum absolute atomic E-state index is 11.8. The quantitative estimate of drug-likeness (QED) is 0.482. The fraction of sp³-hybridized carbons (Fsp3) is 0.0625. The Balaban J connectivity index is 1.68. The van der Waals surface area contributed by atoms with E-state index in [0.717, 1.165) is 5.69 Å². The van der Waals surface area contributed by atoms with E-state index in [1.165, 1.54) is 28.9 Å². The molecule has 0 saturated carbocycles. The Morgan fingerprint density at radius 3 is 2.92 bits per heavy atom. The van der Waals surface area contributed by atoms with Gasteiger partial charge in [-0.15, -0.1) is 11.3 Å². The summed E-state index contributed by atoms with van der Waals surface area (Å²) in [6, 6.07) is 11.0. The molecule has 0 aliphatic rings. The first-order valence-electron chi connectivity index (χ1n) is 7.10. The summed E-state index contributed by atoms with van der Waals surface area (Å²) in [5, 5.41) is 9.81. The van der Waals surface area contributed by atoms with Crippen LogP contribution in [-0.4, -0.2) is 24.2 Å². The largest absolute Gasteiger partial charge is 0.495 e. The molecule has 0 aliphatic carbocycles. The van der Waals surface area contributed by atoms with Gasteiger partial charge < -0.3 is 10.1 Å². The standard InChI is InChI=1S/C16H13ClN4O2S2/c1-23-11-6-3-2-5-10(11)19-16-20-14(17)13(25-16)9-18-21-15(22)12-7-4-8-24-12/h2-9H,1H3,(H,19,20)(H,21,22)/b18-9+. The zero-order valence-electron chi connectivity index (χ0n) is 13.0. The third kappa shape index (κ3) is 4.36. The molecule has 0 spiro atoms. The number of ether oxygens (including phenoxy) is 1. The van der Waals surface area contributed by atoms with Crippen molar-refractivity contribution in [3.63, 3.8) is 0 Å². The van der Waals surface area contributed by atoms with Gasteiger partial charge in [-0.25, -0.2) is 10.4 Å². The van der Waals surface area contributed by atoms with E-state index in [0.29, 0.717) is 25.8 Å². The van der Waals surface area contributed by atoms with Crippen LogP contribution in [0.1, 0.15) is 14.5 Å². The smallest absolute Gasteiger partial charge is 0.281 e. The highest BCUT2D eigenvalue weighted by molar-refractivity contribution is 7.17. The molecule has 0 fully saturated rings. The first-order chi connectivity index (χ1) is 12.2. The predicted octanol–water partition coefficient (Wildman–Crippen LogP) is 4.37. The minimum atomic E-state index is -0.265. The molecular weight excluding hydrogens is 380 g/mol. The number of carbonyl (C=O) groups excluding carboxylic acids is 1. The third-order valence-corrected chi connectivity index (χ3v) is 5.23. The number of methoxy groups -OCH3 is 1. The molecule has 6 nitrogen and oxygen atoms in total. The van der Waals surface area contributed by atoms with Crippen LogP contribution in [0.2, 0.25) is 5.15 Å². The second kappa shape index (κ2) is 8.11. The minimum Gasteiger partial charge on any atom is -0.495 e. The number of hydrogen-bond acceptors (Lipinski definition) is 7. The molecule has 3 rings (SSSR count). The van der Waals surface area contributed by atoms with Gasteiger partial charge in [0.25, 0.3) is 5.91 Å². The topological polar surface area (TPSA) is 75.6 Å². The zero-order chi connectivity index (χ0) is 17.6. The monoisotopic (exact) mass is 392 g/mol. The average Bonchev–Trinajstić information content (AvgIpc) is 3.26. The van der Waals surface area contributed by atoms with Crippen molar-refractivity contribution in [2.45, 2.75) is 0 Å². The number of amides is 1. The molecule has 2 aromatic heterocycles. The zero-order valence-corrected chi connectivity index (χ0v) is 15.4. The van der Waals surface area contributed by atoms with Crippen LogP contribution in [0.5, 0.6) is 5.75 Å². The molecule has 0 bridgehead atoms. The molecule has 0 aliphatic heterocycles. The SMILES string of the molecule is COc1ccccc1Nc1nc(Cl)c(/C=N/NC(=O)c2cccs2)s1. The van der Waals surface area contributed by atoms with E-state index in [1.807, 2.05) is 29.6 Å². The van der Waals surface area contributed by atoms with Crippen molar-refractivity contribution < 1.29 is 9.53 Å². The summed E-state index contributed by atoms with van der Waals surface area (Å²) in [5.41, 5.74) is 3.24. The number of thiazole rings is 1. The van der Waals surface area contributed by atoms with E-state index in [-0.39, 0.29) is 5.91 Å². The maximum Gasteiger partial charge on any atom is 0.281 e. The number of hydrogen-bond donors (Lipinski definition) is 2. The number of nitrogens with one attached hydrogen (secondary N) is 2. The number of halogens is 1. The minimum absolute atomic E-state index is 0.265. The Hall–Kier alpha value is -2.42. The molecule has 25 heavy (non-hydrogen) atoms. The van der Waals surface area contributed by atoms with Crippen LogP contribution in [0, 0.1) is 0 Å².